The first kappa shape index (κ1) is 17.5. The van der Waals surface area contributed by atoms with Crippen LogP contribution >= 0.6 is 0 Å². The number of benzene rings is 1. The Bertz CT molecular complexity index is 661. The average molecular weight is 326 g/mol. The number of hydrogen-bond acceptors (Lipinski definition) is 3. The summed E-state index contributed by atoms with van der Waals surface area (Å²) in [5.41, 5.74) is 1.95. The molecule has 0 spiro atoms. The Labute approximate surface area is 141 Å². The Hall–Kier alpha value is -2.89. The zero-order chi connectivity index (χ0) is 17.4. The van der Waals surface area contributed by atoms with Crippen LogP contribution in [0.2, 0.25) is 0 Å². The number of nitrogens with zero attached hydrogens (tertiary/aromatic N) is 2. The highest BCUT2D eigenvalue weighted by atomic mass is 16.2. The molecule has 3 amide bonds. The molecular formula is C18H22N4O2. The van der Waals surface area contributed by atoms with Gasteiger partial charge in [-0.05, 0) is 24.1 Å². The molecule has 1 heterocycles. The topological polar surface area (TPSA) is 74.3 Å². The highest BCUT2D eigenvalue weighted by molar-refractivity contribution is 5.83. The molecule has 0 fully saturated rings. The molecule has 6 nitrogen and oxygen atoms in total. The molecule has 0 saturated carbocycles. The van der Waals surface area contributed by atoms with Crippen molar-refractivity contribution in [3.63, 3.8) is 0 Å². The van der Waals surface area contributed by atoms with Crippen LogP contribution in [0.25, 0.3) is 0 Å². The summed E-state index contributed by atoms with van der Waals surface area (Å²) in [7, 11) is 1.72. The van der Waals surface area contributed by atoms with Crippen LogP contribution in [0.1, 0.15) is 24.1 Å². The van der Waals surface area contributed by atoms with Crippen LogP contribution in [0.4, 0.5) is 4.79 Å². The maximum atomic E-state index is 12.1. The van der Waals surface area contributed by atoms with Gasteiger partial charge in [0, 0.05) is 26.0 Å². The molecule has 1 atom stereocenters. The third kappa shape index (κ3) is 5.39. The third-order valence-electron chi connectivity index (χ3n) is 3.62. The van der Waals surface area contributed by atoms with E-state index < -0.39 is 0 Å². The van der Waals surface area contributed by atoms with E-state index in [1.54, 1.807) is 24.3 Å². The first-order chi connectivity index (χ1) is 11.6. The Morgan fingerprint density at radius 2 is 1.92 bits per heavy atom. The summed E-state index contributed by atoms with van der Waals surface area (Å²) in [6.07, 6.45) is 3.38. The lowest BCUT2D eigenvalue weighted by Gasteiger charge is -2.19. The van der Waals surface area contributed by atoms with Crippen LogP contribution in [-0.4, -0.2) is 35.4 Å². The maximum absolute atomic E-state index is 12.1. The Morgan fingerprint density at radius 1 is 1.17 bits per heavy atom. The number of carbonyl (C=O) groups is 2. The van der Waals surface area contributed by atoms with Crippen molar-refractivity contribution in [2.45, 2.75) is 19.5 Å². The molecule has 0 radical (unpaired) electrons. The number of likely N-dealkylation sites (N-methyl/N-ethyl adjacent to an activating group) is 1. The normalized spacial score (nSPS) is 11.4. The van der Waals surface area contributed by atoms with E-state index in [0.29, 0.717) is 6.54 Å². The molecular weight excluding hydrogens is 304 g/mol. The lowest BCUT2D eigenvalue weighted by molar-refractivity contribution is -0.129. The molecule has 24 heavy (non-hydrogen) atoms. The van der Waals surface area contributed by atoms with E-state index in [1.165, 1.54) is 0 Å². The Balaban J connectivity index is 1.75. The number of aromatic nitrogens is 1. The number of pyridine rings is 1. The van der Waals surface area contributed by atoms with Gasteiger partial charge in [-0.2, -0.15) is 0 Å². The fourth-order valence-electron chi connectivity index (χ4n) is 2.20. The number of hydrogen-bond donors (Lipinski definition) is 2. The minimum Gasteiger partial charge on any atom is -0.340 e. The third-order valence-corrected chi connectivity index (χ3v) is 3.62. The zero-order valence-electron chi connectivity index (χ0n) is 13.9. The highest BCUT2D eigenvalue weighted by Gasteiger charge is 2.13. The van der Waals surface area contributed by atoms with Crippen LogP contribution in [0, 0.1) is 0 Å². The standard InChI is InChI=1S/C18H22N4O2/c1-14(16-9-6-10-19-11-16)21-18(24)20-12-17(23)22(2)13-15-7-4-3-5-8-15/h3-11,14H,12-13H2,1-2H3,(H2,20,21,24)/t14-/m1/s1. The van der Waals surface area contributed by atoms with Crippen molar-refractivity contribution in [1.82, 2.24) is 20.5 Å². The summed E-state index contributed by atoms with van der Waals surface area (Å²) in [6.45, 7) is 2.32. The first-order valence-corrected chi connectivity index (χ1v) is 7.78. The maximum Gasteiger partial charge on any atom is 0.315 e. The molecule has 0 saturated heterocycles. The second-order valence-electron chi connectivity index (χ2n) is 5.57. The lowest BCUT2D eigenvalue weighted by Crippen LogP contribution is -2.43. The highest BCUT2D eigenvalue weighted by Crippen LogP contribution is 2.09. The van der Waals surface area contributed by atoms with Crippen molar-refractivity contribution in [2.75, 3.05) is 13.6 Å². The summed E-state index contributed by atoms with van der Waals surface area (Å²) < 4.78 is 0. The molecule has 0 unspecified atom stereocenters. The van der Waals surface area contributed by atoms with Gasteiger partial charge in [0.15, 0.2) is 0 Å². The quantitative estimate of drug-likeness (QED) is 0.854. The van der Waals surface area contributed by atoms with Gasteiger partial charge in [0.05, 0.1) is 12.6 Å². The lowest BCUT2D eigenvalue weighted by atomic mass is 10.1. The molecule has 6 heteroatoms. The molecule has 2 rings (SSSR count). The van der Waals surface area contributed by atoms with E-state index in [4.69, 9.17) is 0 Å². The monoisotopic (exact) mass is 326 g/mol. The molecule has 126 valence electrons. The van der Waals surface area contributed by atoms with Crippen LogP contribution in [-0.2, 0) is 11.3 Å². The van der Waals surface area contributed by atoms with E-state index in [-0.39, 0.29) is 24.5 Å². The molecule has 1 aromatic carbocycles. The molecule has 2 N–H and O–H groups in total. The zero-order valence-corrected chi connectivity index (χ0v) is 13.9. The van der Waals surface area contributed by atoms with Crippen molar-refractivity contribution in [1.29, 1.82) is 0 Å². The smallest absolute Gasteiger partial charge is 0.315 e. The molecule has 0 aliphatic rings. The number of amides is 3. The SMILES string of the molecule is C[C@@H](NC(=O)NCC(=O)N(C)Cc1ccccc1)c1cccnc1. The van der Waals surface area contributed by atoms with Gasteiger partial charge in [-0.15, -0.1) is 0 Å². The summed E-state index contributed by atoms with van der Waals surface area (Å²) in [6, 6.07) is 12.8. The number of nitrogens with one attached hydrogen (secondary N) is 2. The van der Waals surface area contributed by atoms with Crippen molar-refractivity contribution in [2.24, 2.45) is 0 Å². The summed E-state index contributed by atoms with van der Waals surface area (Å²) in [5, 5.41) is 5.37. The second-order valence-corrected chi connectivity index (χ2v) is 5.57. The molecule has 2 aromatic rings. The Kier molecular flexibility index (Phi) is 6.31. The van der Waals surface area contributed by atoms with Gasteiger partial charge in [0.25, 0.3) is 0 Å². The van der Waals surface area contributed by atoms with Gasteiger partial charge in [0.1, 0.15) is 0 Å². The predicted octanol–water partition coefficient (Wildman–Crippen LogP) is 2.10. The second kappa shape index (κ2) is 8.67. The molecule has 1 aromatic heterocycles. The van der Waals surface area contributed by atoms with Crippen LogP contribution in [0.15, 0.2) is 54.9 Å². The number of rotatable bonds is 6. The first-order valence-electron chi connectivity index (χ1n) is 7.78. The summed E-state index contributed by atoms with van der Waals surface area (Å²) >= 11 is 0. The Morgan fingerprint density at radius 3 is 2.58 bits per heavy atom. The minimum atomic E-state index is -0.382. The number of carbonyl (C=O) groups excluding carboxylic acids is 2. The van der Waals surface area contributed by atoms with Crippen molar-refractivity contribution >= 4 is 11.9 Å². The van der Waals surface area contributed by atoms with Crippen molar-refractivity contribution in [3.05, 3.63) is 66.0 Å². The van der Waals surface area contributed by atoms with Crippen LogP contribution in [0.3, 0.4) is 0 Å². The minimum absolute atomic E-state index is 0.0467. The molecule has 0 bridgehead atoms. The summed E-state index contributed by atoms with van der Waals surface area (Å²) in [4.78, 5) is 29.6. The average Bonchev–Trinajstić information content (AvgIpc) is 2.61. The molecule has 0 aliphatic carbocycles. The van der Waals surface area contributed by atoms with Crippen LogP contribution < -0.4 is 10.6 Å². The van der Waals surface area contributed by atoms with E-state index in [1.807, 2.05) is 49.4 Å². The number of urea groups is 1. The van der Waals surface area contributed by atoms with Gasteiger partial charge in [-0.1, -0.05) is 36.4 Å². The molecule has 0 aliphatic heterocycles. The van der Waals surface area contributed by atoms with Gasteiger partial charge in [0.2, 0.25) is 5.91 Å². The largest absolute Gasteiger partial charge is 0.340 e. The van der Waals surface area contributed by atoms with Gasteiger partial charge in [-0.3, -0.25) is 9.78 Å². The predicted molar refractivity (Wildman–Crippen MR) is 92.1 cm³/mol. The fourth-order valence-corrected chi connectivity index (χ4v) is 2.20. The van der Waals surface area contributed by atoms with E-state index >= 15 is 0 Å². The van der Waals surface area contributed by atoms with E-state index in [9.17, 15) is 9.59 Å². The van der Waals surface area contributed by atoms with Gasteiger partial charge < -0.3 is 15.5 Å². The summed E-state index contributed by atoms with van der Waals surface area (Å²) in [5.74, 6) is -0.150. The fraction of sp³-hybridized carbons (Fsp3) is 0.278. The van der Waals surface area contributed by atoms with Gasteiger partial charge >= 0.3 is 6.03 Å². The van der Waals surface area contributed by atoms with Crippen molar-refractivity contribution in [3.8, 4) is 0 Å². The van der Waals surface area contributed by atoms with E-state index in [2.05, 4.69) is 15.6 Å². The van der Waals surface area contributed by atoms with Gasteiger partial charge in [-0.25, -0.2) is 4.79 Å². The van der Waals surface area contributed by atoms with Crippen LogP contribution in [0.5, 0.6) is 0 Å². The van der Waals surface area contributed by atoms with E-state index in [0.717, 1.165) is 11.1 Å². The van der Waals surface area contributed by atoms with Crippen molar-refractivity contribution < 1.29 is 9.59 Å².